The first-order valence-corrected chi connectivity index (χ1v) is 8.32. The lowest BCUT2D eigenvalue weighted by Crippen LogP contribution is -2.17. The van der Waals surface area contributed by atoms with Crippen molar-refractivity contribution >= 4 is 0 Å². The summed E-state index contributed by atoms with van der Waals surface area (Å²) in [5.41, 5.74) is 4.43. The summed E-state index contributed by atoms with van der Waals surface area (Å²) in [5.74, 6) is 0.392. The summed E-state index contributed by atoms with van der Waals surface area (Å²) in [6, 6.07) is 5.01. The third-order valence-electron chi connectivity index (χ3n) is 4.06. The van der Waals surface area contributed by atoms with E-state index < -0.39 is 6.61 Å². The normalized spacial score (nSPS) is 11.2. The molecule has 1 N–H and O–H groups in total. The molecule has 1 aromatic carbocycles. The maximum atomic E-state index is 12.4. The van der Waals surface area contributed by atoms with Crippen molar-refractivity contribution in [3.8, 4) is 11.5 Å². The number of nitrogens with one attached hydrogen (secondary N) is 1. The van der Waals surface area contributed by atoms with Gasteiger partial charge in [0, 0.05) is 19.3 Å². The van der Waals surface area contributed by atoms with Gasteiger partial charge in [-0.15, -0.1) is 0 Å². The molecule has 0 saturated carbocycles. The molecule has 0 amide bonds. The second-order valence-electron chi connectivity index (χ2n) is 5.79. The number of ether oxygens (including phenoxy) is 2. The molecule has 0 aliphatic heterocycles. The highest BCUT2D eigenvalue weighted by Gasteiger charge is 2.12. The van der Waals surface area contributed by atoms with Gasteiger partial charge in [-0.2, -0.15) is 13.9 Å². The first kappa shape index (κ1) is 19.2. The van der Waals surface area contributed by atoms with E-state index in [1.54, 1.807) is 19.1 Å². The number of hydrogen-bond acceptors (Lipinski definition) is 4. The molecule has 25 heavy (non-hydrogen) atoms. The van der Waals surface area contributed by atoms with E-state index in [0.29, 0.717) is 18.9 Å². The van der Waals surface area contributed by atoms with Gasteiger partial charge in [-0.1, -0.05) is 6.07 Å². The monoisotopic (exact) mass is 353 g/mol. The SMILES string of the molecule is CCOc1cc(CNCCc2c(C)nn(C)c2C)ccc1OC(F)F. The Bertz CT molecular complexity index is 702. The molecule has 2 aromatic rings. The molecule has 0 bridgehead atoms. The Labute approximate surface area is 146 Å². The van der Waals surface area contributed by atoms with Crippen LogP contribution in [-0.2, 0) is 20.0 Å². The lowest BCUT2D eigenvalue weighted by molar-refractivity contribution is -0.0514. The zero-order chi connectivity index (χ0) is 18.4. The zero-order valence-corrected chi connectivity index (χ0v) is 15.1. The van der Waals surface area contributed by atoms with Crippen LogP contribution in [0.2, 0.25) is 0 Å². The summed E-state index contributed by atoms with van der Waals surface area (Å²) in [6.45, 7) is 4.81. The van der Waals surface area contributed by atoms with E-state index in [1.165, 1.54) is 17.3 Å². The maximum absolute atomic E-state index is 12.4. The fourth-order valence-electron chi connectivity index (χ4n) is 2.75. The van der Waals surface area contributed by atoms with E-state index in [9.17, 15) is 8.78 Å². The number of alkyl halides is 2. The van der Waals surface area contributed by atoms with Crippen LogP contribution in [0.4, 0.5) is 8.78 Å². The van der Waals surface area contributed by atoms with E-state index in [1.807, 2.05) is 18.7 Å². The first-order valence-electron chi connectivity index (χ1n) is 8.32. The molecule has 0 atom stereocenters. The van der Waals surface area contributed by atoms with E-state index in [-0.39, 0.29) is 5.75 Å². The Kier molecular flexibility index (Phi) is 6.75. The van der Waals surface area contributed by atoms with Crippen LogP contribution < -0.4 is 14.8 Å². The number of rotatable bonds is 9. The van der Waals surface area contributed by atoms with E-state index in [2.05, 4.69) is 22.1 Å². The van der Waals surface area contributed by atoms with Crippen LogP contribution in [0.25, 0.3) is 0 Å². The maximum Gasteiger partial charge on any atom is 0.387 e. The molecule has 7 heteroatoms. The van der Waals surface area contributed by atoms with Crippen molar-refractivity contribution in [1.29, 1.82) is 0 Å². The largest absolute Gasteiger partial charge is 0.490 e. The zero-order valence-electron chi connectivity index (χ0n) is 15.1. The predicted octanol–water partition coefficient (Wildman–Crippen LogP) is 3.37. The lowest BCUT2D eigenvalue weighted by atomic mass is 10.1. The van der Waals surface area contributed by atoms with Crippen LogP contribution in [0.1, 0.15) is 29.4 Å². The van der Waals surface area contributed by atoms with Gasteiger partial charge in [0.2, 0.25) is 0 Å². The number of aromatic nitrogens is 2. The van der Waals surface area contributed by atoms with Crippen LogP contribution in [0.3, 0.4) is 0 Å². The highest BCUT2D eigenvalue weighted by molar-refractivity contribution is 5.43. The van der Waals surface area contributed by atoms with Gasteiger partial charge in [-0.05, 0) is 57.0 Å². The second-order valence-corrected chi connectivity index (χ2v) is 5.79. The van der Waals surface area contributed by atoms with E-state index >= 15 is 0 Å². The van der Waals surface area contributed by atoms with Crippen LogP contribution in [0.15, 0.2) is 18.2 Å². The molecular weight excluding hydrogens is 328 g/mol. The van der Waals surface area contributed by atoms with Gasteiger partial charge < -0.3 is 14.8 Å². The number of benzene rings is 1. The van der Waals surface area contributed by atoms with Gasteiger partial charge in [-0.25, -0.2) is 0 Å². The number of nitrogens with zero attached hydrogens (tertiary/aromatic N) is 2. The smallest absolute Gasteiger partial charge is 0.387 e. The standard InChI is InChI=1S/C18H25F2N3O2/c1-5-24-17-10-14(6-7-16(17)25-18(19)20)11-21-9-8-15-12(2)22-23(4)13(15)3/h6-7,10,18,21H,5,8-9,11H2,1-4H3. The van der Waals surface area contributed by atoms with Gasteiger partial charge in [0.15, 0.2) is 11.5 Å². The second kappa shape index (κ2) is 8.80. The van der Waals surface area contributed by atoms with Crippen molar-refractivity contribution in [3.63, 3.8) is 0 Å². The molecule has 0 fully saturated rings. The summed E-state index contributed by atoms with van der Waals surface area (Å²) in [4.78, 5) is 0. The van der Waals surface area contributed by atoms with Crippen molar-refractivity contribution in [2.45, 2.75) is 40.3 Å². The Balaban J connectivity index is 1.93. The summed E-state index contributed by atoms with van der Waals surface area (Å²) in [5, 5.41) is 7.77. The quantitative estimate of drug-likeness (QED) is 0.702. The molecule has 0 aliphatic rings. The molecule has 0 unspecified atom stereocenters. The van der Waals surface area contributed by atoms with Crippen LogP contribution in [0.5, 0.6) is 11.5 Å². The highest BCUT2D eigenvalue weighted by Crippen LogP contribution is 2.29. The average molecular weight is 353 g/mol. The fraction of sp³-hybridized carbons (Fsp3) is 0.500. The topological polar surface area (TPSA) is 48.3 Å². The van der Waals surface area contributed by atoms with Crippen molar-refractivity contribution < 1.29 is 18.3 Å². The van der Waals surface area contributed by atoms with Crippen LogP contribution in [-0.4, -0.2) is 29.5 Å². The van der Waals surface area contributed by atoms with Gasteiger partial charge in [0.1, 0.15) is 0 Å². The molecule has 0 saturated heterocycles. The molecule has 1 aromatic heterocycles. The van der Waals surface area contributed by atoms with E-state index in [0.717, 1.165) is 24.2 Å². The minimum atomic E-state index is -2.87. The van der Waals surface area contributed by atoms with Gasteiger partial charge in [0.05, 0.1) is 12.3 Å². The summed E-state index contributed by atoms with van der Waals surface area (Å²) in [7, 11) is 1.94. The summed E-state index contributed by atoms with van der Waals surface area (Å²) >= 11 is 0. The molecule has 5 nitrogen and oxygen atoms in total. The Morgan fingerprint density at radius 3 is 2.60 bits per heavy atom. The van der Waals surface area contributed by atoms with Crippen molar-refractivity contribution in [2.24, 2.45) is 7.05 Å². The molecule has 0 radical (unpaired) electrons. The molecule has 0 spiro atoms. The first-order chi connectivity index (χ1) is 11.9. The predicted molar refractivity (Wildman–Crippen MR) is 92.3 cm³/mol. The minimum Gasteiger partial charge on any atom is -0.490 e. The van der Waals surface area contributed by atoms with Gasteiger partial charge in [-0.3, -0.25) is 4.68 Å². The highest BCUT2D eigenvalue weighted by atomic mass is 19.3. The molecule has 138 valence electrons. The van der Waals surface area contributed by atoms with E-state index in [4.69, 9.17) is 4.74 Å². The van der Waals surface area contributed by atoms with Crippen LogP contribution >= 0.6 is 0 Å². The summed E-state index contributed by atoms with van der Waals surface area (Å²) < 4.78 is 36.6. The Hall–Kier alpha value is -2.15. The fourth-order valence-corrected chi connectivity index (χ4v) is 2.75. The number of halogens is 2. The third kappa shape index (κ3) is 5.16. The van der Waals surface area contributed by atoms with Gasteiger partial charge >= 0.3 is 6.61 Å². The summed E-state index contributed by atoms with van der Waals surface area (Å²) in [6.07, 6.45) is 0.885. The Morgan fingerprint density at radius 1 is 1.24 bits per heavy atom. The molecular formula is C18H25F2N3O2. The minimum absolute atomic E-state index is 0.0576. The third-order valence-corrected chi connectivity index (χ3v) is 4.06. The molecule has 2 rings (SSSR count). The van der Waals surface area contributed by atoms with Crippen LogP contribution in [0, 0.1) is 13.8 Å². The number of hydrogen-bond donors (Lipinski definition) is 1. The molecule has 1 heterocycles. The van der Waals surface area contributed by atoms with Crippen molar-refractivity contribution in [3.05, 3.63) is 40.7 Å². The Morgan fingerprint density at radius 2 is 2.00 bits per heavy atom. The van der Waals surface area contributed by atoms with Crippen molar-refractivity contribution in [1.82, 2.24) is 15.1 Å². The van der Waals surface area contributed by atoms with Gasteiger partial charge in [0.25, 0.3) is 0 Å². The molecule has 0 aliphatic carbocycles. The average Bonchev–Trinajstić information content (AvgIpc) is 2.79. The number of aryl methyl sites for hydroxylation is 2. The van der Waals surface area contributed by atoms with Crippen molar-refractivity contribution in [2.75, 3.05) is 13.2 Å². The lowest BCUT2D eigenvalue weighted by Gasteiger charge is -2.13.